The third-order valence-corrected chi connectivity index (χ3v) is 8.84. The number of amides is 2. The van der Waals surface area contributed by atoms with Gasteiger partial charge >= 0.3 is 6.09 Å². The molecule has 6 nitrogen and oxygen atoms in total. The van der Waals surface area contributed by atoms with E-state index in [1.54, 1.807) is 25.1 Å². The van der Waals surface area contributed by atoms with Crippen LogP contribution in [0.2, 0.25) is 10.0 Å². The van der Waals surface area contributed by atoms with Crippen molar-refractivity contribution in [2.45, 2.75) is 63.0 Å². The third-order valence-electron chi connectivity index (χ3n) is 8.26. The topological polar surface area (TPSA) is 83.2 Å². The van der Waals surface area contributed by atoms with Crippen LogP contribution in [-0.4, -0.2) is 29.1 Å². The first kappa shape index (κ1) is 29.0. The van der Waals surface area contributed by atoms with E-state index in [4.69, 9.17) is 27.9 Å². The Morgan fingerprint density at radius 3 is 2.44 bits per heavy atom. The molecule has 0 radical (unpaired) electrons. The zero-order valence-electron chi connectivity index (χ0n) is 23.1. The minimum Gasteiger partial charge on any atom is -0.445 e. The van der Waals surface area contributed by atoms with Gasteiger partial charge in [-0.3, -0.25) is 4.79 Å². The molecule has 1 aromatic heterocycles. The molecule has 2 amide bonds. The van der Waals surface area contributed by atoms with Gasteiger partial charge in [-0.1, -0.05) is 97.1 Å². The van der Waals surface area contributed by atoms with Crippen LogP contribution in [0.4, 0.5) is 4.79 Å². The van der Waals surface area contributed by atoms with Crippen molar-refractivity contribution in [3.63, 3.8) is 0 Å². The van der Waals surface area contributed by atoms with Crippen molar-refractivity contribution >= 4 is 46.1 Å². The number of H-pyrrole nitrogens is 1. The SMILES string of the molecule is CC(Cc1c[nH]c2ccccc12)(NC(=O)OCc1ccc(Cl)cc1Cl)C(=O)NCC1(c2ccccc2)CCCCC1. The van der Waals surface area contributed by atoms with Gasteiger partial charge in [0.1, 0.15) is 12.1 Å². The molecule has 8 heteroatoms. The van der Waals surface area contributed by atoms with Crippen LogP contribution in [0.3, 0.4) is 0 Å². The fraction of sp³-hybridized carbons (Fsp3) is 0.333. The zero-order valence-corrected chi connectivity index (χ0v) is 24.7. The van der Waals surface area contributed by atoms with Crippen molar-refractivity contribution in [2.24, 2.45) is 0 Å². The number of carbonyl (C=O) groups excluding carboxylic acids is 2. The number of carbonyl (C=O) groups is 2. The van der Waals surface area contributed by atoms with Gasteiger partial charge in [0.15, 0.2) is 0 Å². The molecule has 4 aromatic rings. The number of fused-ring (bicyclic) bond motifs is 1. The van der Waals surface area contributed by atoms with Gasteiger partial charge in [-0.15, -0.1) is 0 Å². The molecule has 0 saturated heterocycles. The molecule has 3 N–H and O–H groups in total. The van der Waals surface area contributed by atoms with Crippen LogP contribution >= 0.6 is 23.2 Å². The fourth-order valence-corrected chi connectivity index (χ4v) is 6.38. The number of aromatic nitrogens is 1. The molecule has 1 atom stereocenters. The molecule has 5 rings (SSSR count). The second kappa shape index (κ2) is 12.6. The number of alkyl carbamates (subject to hydrolysis) is 1. The van der Waals surface area contributed by atoms with Gasteiger partial charge in [-0.25, -0.2) is 4.79 Å². The smallest absolute Gasteiger partial charge is 0.408 e. The number of aromatic amines is 1. The van der Waals surface area contributed by atoms with Crippen LogP contribution in [0.1, 0.15) is 55.7 Å². The van der Waals surface area contributed by atoms with E-state index in [0.717, 1.165) is 42.1 Å². The van der Waals surface area contributed by atoms with Crippen LogP contribution in [-0.2, 0) is 28.0 Å². The molecule has 3 aromatic carbocycles. The Balaban J connectivity index is 1.36. The number of rotatable bonds is 9. The monoisotopic (exact) mass is 591 g/mol. The van der Waals surface area contributed by atoms with Gasteiger partial charge in [0.25, 0.3) is 0 Å². The lowest BCUT2D eigenvalue weighted by molar-refractivity contribution is -0.127. The largest absolute Gasteiger partial charge is 0.445 e. The summed E-state index contributed by atoms with van der Waals surface area (Å²) in [5.74, 6) is -0.259. The van der Waals surface area contributed by atoms with Crippen LogP contribution in [0.25, 0.3) is 10.9 Å². The average Bonchev–Trinajstić information content (AvgIpc) is 3.38. The first-order valence-corrected chi connectivity index (χ1v) is 14.8. The normalized spacial score (nSPS) is 16.1. The fourth-order valence-electron chi connectivity index (χ4n) is 5.92. The molecule has 1 aliphatic rings. The molecule has 214 valence electrons. The Morgan fingerprint density at radius 1 is 0.951 bits per heavy atom. The lowest BCUT2D eigenvalue weighted by Gasteiger charge is -2.39. The van der Waals surface area contributed by atoms with Crippen molar-refractivity contribution in [1.29, 1.82) is 0 Å². The van der Waals surface area contributed by atoms with Gasteiger partial charge in [0.2, 0.25) is 5.91 Å². The molecule has 0 bridgehead atoms. The molecule has 1 aliphatic carbocycles. The quantitative estimate of drug-likeness (QED) is 0.186. The van der Waals surface area contributed by atoms with E-state index < -0.39 is 11.6 Å². The molecular formula is C33H35Cl2N3O3. The second-order valence-corrected chi connectivity index (χ2v) is 12.0. The Bertz CT molecular complexity index is 1510. The molecule has 1 fully saturated rings. The summed E-state index contributed by atoms with van der Waals surface area (Å²) in [7, 11) is 0. The number of para-hydroxylation sites is 1. The minimum atomic E-state index is -1.28. The van der Waals surface area contributed by atoms with Crippen molar-refractivity contribution in [1.82, 2.24) is 15.6 Å². The van der Waals surface area contributed by atoms with Gasteiger partial charge in [-0.05, 0) is 49.1 Å². The maximum Gasteiger partial charge on any atom is 0.408 e. The van der Waals surface area contributed by atoms with Crippen LogP contribution in [0.15, 0.2) is 79.0 Å². The molecule has 0 spiro atoms. The highest BCUT2D eigenvalue weighted by atomic mass is 35.5. The first-order valence-electron chi connectivity index (χ1n) is 14.1. The molecular weight excluding hydrogens is 557 g/mol. The summed E-state index contributed by atoms with van der Waals surface area (Å²) in [6, 6.07) is 23.3. The summed E-state index contributed by atoms with van der Waals surface area (Å²) >= 11 is 12.3. The summed E-state index contributed by atoms with van der Waals surface area (Å²) in [6.45, 7) is 2.19. The predicted molar refractivity (Wildman–Crippen MR) is 164 cm³/mol. The van der Waals surface area contributed by atoms with E-state index in [1.165, 1.54) is 12.0 Å². The van der Waals surface area contributed by atoms with Crippen molar-refractivity contribution in [3.8, 4) is 0 Å². The molecule has 41 heavy (non-hydrogen) atoms. The molecule has 0 aliphatic heterocycles. The van der Waals surface area contributed by atoms with Gasteiger partial charge in [0.05, 0.1) is 0 Å². The average molecular weight is 593 g/mol. The van der Waals surface area contributed by atoms with Crippen LogP contribution in [0, 0.1) is 0 Å². The Hall–Kier alpha value is -3.48. The standard InChI is InChI=1S/C33H35Cl2N3O3/c1-32(19-24-20-36-29-13-7-6-12-27(24)29,38-31(40)41-21-23-14-15-26(34)18-28(23)35)30(39)37-22-33(16-8-3-9-17-33)25-10-4-2-5-11-25/h2,4-7,10-15,18,20,36H,3,8-9,16-17,19,21-22H2,1H3,(H,37,39)(H,38,40). The summed E-state index contributed by atoms with van der Waals surface area (Å²) in [6.07, 6.45) is 6.92. The molecule has 1 saturated carbocycles. The van der Waals surface area contributed by atoms with E-state index in [2.05, 4.69) is 39.9 Å². The molecule has 1 heterocycles. The van der Waals surface area contributed by atoms with Gasteiger partial charge in [0, 0.05) is 51.1 Å². The highest BCUT2D eigenvalue weighted by Crippen LogP contribution is 2.39. The minimum absolute atomic E-state index is 0.0518. The van der Waals surface area contributed by atoms with E-state index in [9.17, 15) is 9.59 Å². The van der Waals surface area contributed by atoms with E-state index in [0.29, 0.717) is 22.2 Å². The first-order chi connectivity index (χ1) is 19.8. The molecule has 1 unspecified atom stereocenters. The van der Waals surface area contributed by atoms with E-state index >= 15 is 0 Å². The lowest BCUT2D eigenvalue weighted by atomic mass is 9.69. The number of hydrogen-bond donors (Lipinski definition) is 3. The summed E-state index contributed by atoms with van der Waals surface area (Å²) in [5.41, 5.74) is 2.34. The predicted octanol–water partition coefficient (Wildman–Crippen LogP) is 7.72. The number of halogens is 2. The van der Waals surface area contributed by atoms with Crippen molar-refractivity contribution < 1.29 is 14.3 Å². The summed E-state index contributed by atoms with van der Waals surface area (Å²) in [5, 5.41) is 8.02. The Morgan fingerprint density at radius 2 is 1.68 bits per heavy atom. The number of ether oxygens (including phenoxy) is 1. The highest BCUT2D eigenvalue weighted by Gasteiger charge is 2.40. The second-order valence-electron chi connectivity index (χ2n) is 11.2. The van der Waals surface area contributed by atoms with E-state index in [-0.39, 0.29) is 24.3 Å². The maximum absolute atomic E-state index is 14.0. The van der Waals surface area contributed by atoms with Gasteiger partial charge in [-0.2, -0.15) is 0 Å². The number of nitrogens with one attached hydrogen (secondary N) is 3. The highest BCUT2D eigenvalue weighted by molar-refractivity contribution is 6.35. The van der Waals surface area contributed by atoms with Crippen molar-refractivity contribution in [2.75, 3.05) is 6.54 Å². The Kier molecular flexibility index (Phi) is 8.91. The summed E-state index contributed by atoms with van der Waals surface area (Å²) in [4.78, 5) is 30.4. The van der Waals surface area contributed by atoms with Crippen LogP contribution < -0.4 is 10.6 Å². The maximum atomic E-state index is 14.0. The lowest BCUT2D eigenvalue weighted by Crippen LogP contribution is -2.59. The summed E-state index contributed by atoms with van der Waals surface area (Å²) < 4.78 is 5.52. The zero-order chi connectivity index (χ0) is 28.9. The van der Waals surface area contributed by atoms with Gasteiger partial charge < -0.3 is 20.4 Å². The number of hydrogen-bond acceptors (Lipinski definition) is 3. The van der Waals surface area contributed by atoms with Crippen LogP contribution in [0.5, 0.6) is 0 Å². The van der Waals surface area contributed by atoms with Crippen molar-refractivity contribution in [3.05, 3.63) is 106 Å². The number of benzene rings is 3. The van der Waals surface area contributed by atoms with E-state index in [1.807, 2.05) is 36.5 Å². The Labute approximate surface area is 250 Å². The third kappa shape index (κ3) is 6.71.